The Balaban J connectivity index is 1.63. The fourth-order valence-electron chi connectivity index (χ4n) is 3.61. The largest absolute Gasteiger partial charge is 0.465 e. The van der Waals surface area contributed by atoms with Crippen LogP contribution in [0.25, 0.3) is 11.1 Å². The van der Waals surface area contributed by atoms with E-state index in [1.807, 2.05) is 6.92 Å². The summed E-state index contributed by atoms with van der Waals surface area (Å²) in [5.41, 5.74) is 2.01. The lowest BCUT2D eigenvalue weighted by molar-refractivity contribution is -0.116. The molecule has 32 heavy (non-hydrogen) atoms. The number of thiophene rings is 1. The third kappa shape index (κ3) is 3.79. The normalized spacial score (nSPS) is 12.7. The number of rotatable bonds is 5. The molecule has 1 aliphatic rings. The summed E-state index contributed by atoms with van der Waals surface area (Å²) in [6, 6.07) is 13.4. The van der Waals surface area contributed by atoms with E-state index in [9.17, 15) is 19.2 Å². The summed E-state index contributed by atoms with van der Waals surface area (Å²) >= 11 is 7.31. The maximum Gasteiger partial charge on any atom is 0.341 e. The van der Waals surface area contributed by atoms with Crippen LogP contribution in [0.5, 0.6) is 0 Å². The van der Waals surface area contributed by atoms with E-state index in [1.165, 1.54) is 18.4 Å². The van der Waals surface area contributed by atoms with Crippen molar-refractivity contribution in [2.75, 3.05) is 19.0 Å². The van der Waals surface area contributed by atoms with Crippen molar-refractivity contribution < 1.29 is 23.9 Å². The molecule has 1 aliphatic heterocycles. The molecule has 162 valence electrons. The van der Waals surface area contributed by atoms with E-state index in [1.54, 1.807) is 48.5 Å². The van der Waals surface area contributed by atoms with Crippen molar-refractivity contribution in [1.29, 1.82) is 0 Å². The lowest BCUT2D eigenvalue weighted by Crippen LogP contribution is -2.37. The van der Waals surface area contributed by atoms with Crippen LogP contribution in [0.4, 0.5) is 5.00 Å². The molecule has 2 aromatic carbocycles. The standard InChI is InChI=1S/C23H17ClN2O5S/c1-12-18(13-6-5-7-14(24)10-13)19(23(30)31-2)20(32-12)25-17(27)11-26-21(28)15-8-3-4-9-16(15)22(26)29/h3-10H,11H2,1-2H3,(H,25,27). The van der Waals surface area contributed by atoms with Crippen LogP contribution < -0.4 is 5.32 Å². The van der Waals surface area contributed by atoms with Crippen molar-refractivity contribution in [2.24, 2.45) is 0 Å². The minimum atomic E-state index is -0.625. The van der Waals surface area contributed by atoms with Crippen molar-refractivity contribution in [2.45, 2.75) is 6.92 Å². The number of methoxy groups -OCH3 is 1. The highest BCUT2D eigenvalue weighted by Crippen LogP contribution is 2.41. The summed E-state index contributed by atoms with van der Waals surface area (Å²) < 4.78 is 4.94. The van der Waals surface area contributed by atoms with E-state index >= 15 is 0 Å². The van der Waals surface area contributed by atoms with Gasteiger partial charge in [-0.3, -0.25) is 19.3 Å². The third-order valence-electron chi connectivity index (χ3n) is 5.02. The summed E-state index contributed by atoms with van der Waals surface area (Å²) in [7, 11) is 1.25. The van der Waals surface area contributed by atoms with Gasteiger partial charge in [0.1, 0.15) is 17.1 Å². The number of imide groups is 1. The number of amides is 3. The Labute approximate surface area is 192 Å². The number of hydrogen-bond donors (Lipinski definition) is 1. The minimum absolute atomic E-state index is 0.188. The van der Waals surface area contributed by atoms with Gasteiger partial charge in [0.25, 0.3) is 11.8 Å². The van der Waals surface area contributed by atoms with Gasteiger partial charge in [-0.15, -0.1) is 11.3 Å². The highest BCUT2D eigenvalue weighted by molar-refractivity contribution is 7.17. The SMILES string of the molecule is COC(=O)c1c(NC(=O)CN2C(=O)c3ccccc3C2=O)sc(C)c1-c1cccc(Cl)c1. The van der Waals surface area contributed by atoms with Crippen molar-refractivity contribution in [3.63, 3.8) is 0 Å². The summed E-state index contributed by atoms with van der Waals surface area (Å²) in [6.07, 6.45) is 0. The lowest BCUT2D eigenvalue weighted by Gasteiger charge is -2.14. The smallest absolute Gasteiger partial charge is 0.341 e. The van der Waals surface area contributed by atoms with Gasteiger partial charge in [0.05, 0.1) is 18.2 Å². The number of benzene rings is 2. The van der Waals surface area contributed by atoms with E-state index in [0.717, 1.165) is 9.78 Å². The Bertz CT molecular complexity index is 1250. The maximum absolute atomic E-state index is 12.8. The first-order valence-corrected chi connectivity index (χ1v) is 10.7. The molecular weight excluding hydrogens is 452 g/mol. The fraction of sp³-hybridized carbons (Fsp3) is 0.130. The zero-order valence-electron chi connectivity index (χ0n) is 17.1. The van der Waals surface area contributed by atoms with Gasteiger partial charge in [-0.25, -0.2) is 4.79 Å². The molecule has 0 saturated carbocycles. The zero-order chi connectivity index (χ0) is 23.0. The van der Waals surface area contributed by atoms with Crippen molar-refractivity contribution >= 4 is 51.6 Å². The Hall–Kier alpha value is -3.49. The molecule has 0 radical (unpaired) electrons. The van der Waals surface area contributed by atoms with Crippen LogP contribution in [0.15, 0.2) is 48.5 Å². The monoisotopic (exact) mass is 468 g/mol. The molecule has 1 N–H and O–H groups in total. The summed E-state index contributed by atoms with van der Waals surface area (Å²) in [5, 5.41) is 3.44. The Kier molecular flexibility index (Phi) is 5.82. The number of ether oxygens (including phenoxy) is 1. The third-order valence-corrected chi connectivity index (χ3v) is 6.28. The molecule has 0 atom stereocenters. The average Bonchev–Trinajstić information content (AvgIpc) is 3.22. The van der Waals surface area contributed by atoms with Gasteiger partial charge in [0, 0.05) is 15.5 Å². The van der Waals surface area contributed by atoms with E-state index in [-0.39, 0.29) is 21.7 Å². The first-order valence-electron chi connectivity index (χ1n) is 9.54. The Morgan fingerprint density at radius 1 is 1.06 bits per heavy atom. The molecule has 2 heterocycles. The number of hydrogen-bond acceptors (Lipinski definition) is 6. The van der Waals surface area contributed by atoms with Gasteiger partial charge in [-0.2, -0.15) is 0 Å². The number of nitrogens with one attached hydrogen (secondary N) is 1. The molecule has 9 heteroatoms. The zero-order valence-corrected chi connectivity index (χ0v) is 18.7. The number of anilines is 1. The van der Waals surface area contributed by atoms with E-state index in [0.29, 0.717) is 16.1 Å². The van der Waals surface area contributed by atoms with Gasteiger partial charge < -0.3 is 10.1 Å². The van der Waals surface area contributed by atoms with Gasteiger partial charge in [-0.1, -0.05) is 35.9 Å². The molecule has 0 bridgehead atoms. The molecule has 0 fully saturated rings. The molecule has 4 rings (SSSR count). The second kappa shape index (κ2) is 8.57. The topological polar surface area (TPSA) is 92.8 Å². The van der Waals surface area contributed by atoms with Crippen LogP contribution in [0.3, 0.4) is 0 Å². The predicted molar refractivity (Wildman–Crippen MR) is 121 cm³/mol. The Morgan fingerprint density at radius 3 is 2.31 bits per heavy atom. The molecule has 0 spiro atoms. The maximum atomic E-state index is 12.8. The predicted octanol–water partition coefficient (Wildman–Crippen LogP) is 4.40. The van der Waals surface area contributed by atoms with Crippen molar-refractivity contribution in [3.05, 3.63) is 75.1 Å². The Morgan fingerprint density at radius 2 is 1.72 bits per heavy atom. The van der Waals surface area contributed by atoms with Gasteiger partial charge >= 0.3 is 5.97 Å². The van der Waals surface area contributed by atoms with Crippen LogP contribution in [-0.2, 0) is 9.53 Å². The van der Waals surface area contributed by atoms with Crippen LogP contribution >= 0.6 is 22.9 Å². The van der Waals surface area contributed by atoms with Crippen LogP contribution in [0.2, 0.25) is 5.02 Å². The number of aryl methyl sites for hydroxylation is 1. The molecule has 1 aromatic heterocycles. The molecule has 0 aliphatic carbocycles. The van der Waals surface area contributed by atoms with Gasteiger partial charge in [0.15, 0.2) is 0 Å². The highest BCUT2D eigenvalue weighted by Gasteiger charge is 2.36. The van der Waals surface area contributed by atoms with Gasteiger partial charge in [0.2, 0.25) is 5.91 Å². The second-order valence-corrected chi connectivity index (χ2v) is 8.69. The van der Waals surface area contributed by atoms with Crippen molar-refractivity contribution in [3.8, 4) is 11.1 Å². The molecule has 0 unspecified atom stereocenters. The van der Waals surface area contributed by atoms with Crippen LogP contribution in [0.1, 0.15) is 36.0 Å². The molecular formula is C23H17ClN2O5S. The number of carbonyl (C=O) groups is 4. The number of nitrogens with zero attached hydrogens (tertiary/aromatic N) is 1. The summed E-state index contributed by atoms with van der Waals surface area (Å²) in [4.78, 5) is 52.1. The van der Waals surface area contributed by atoms with Crippen molar-refractivity contribution in [1.82, 2.24) is 4.90 Å². The summed E-state index contributed by atoms with van der Waals surface area (Å²) in [6.45, 7) is 1.34. The summed E-state index contributed by atoms with van der Waals surface area (Å²) in [5.74, 6) is -2.30. The number of halogens is 1. The highest BCUT2D eigenvalue weighted by atomic mass is 35.5. The number of fused-ring (bicyclic) bond motifs is 1. The van der Waals surface area contributed by atoms with E-state index < -0.39 is 30.2 Å². The molecule has 3 amide bonds. The fourth-order valence-corrected chi connectivity index (χ4v) is 4.88. The van der Waals surface area contributed by atoms with Crippen LogP contribution in [0, 0.1) is 6.92 Å². The van der Waals surface area contributed by atoms with Crippen LogP contribution in [-0.4, -0.2) is 42.2 Å². The molecule has 0 saturated heterocycles. The second-order valence-electron chi connectivity index (χ2n) is 7.03. The first kappa shape index (κ1) is 21.7. The first-order chi connectivity index (χ1) is 15.3. The quantitative estimate of drug-likeness (QED) is 0.442. The molecule has 7 nitrogen and oxygen atoms in total. The average molecular weight is 469 g/mol. The number of carbonyl (C=O) groups excluding carboxylic acids is 4. The van der Waals surface area contributed by atoms with E-state index in [2.05, 4.69) is 5.32 Å². The molecule has 3 aromatic rings. The lowest BCUT2D eigenvalue weighted by atomic mass is 10.0. The number of esters is 1. The van der Waals surface area contributed by atoms with Gasteiger partial charge in [-0.05, 0) is 36.8 Å². The van der Waals surface area contributed by atoms with E-state index in [4.69, 9.17) is 16.3 Å². The minimum Gasteiger partial charge on any atom is -0.465 e.